The Balaban J connectivity index is 1.59. The van der Waals surface area contributed by atoms with Gasteiger partial charge in [0, 0.05) is 26.2 Å². The molecule has 1 fully saturated rings. The van der Waals surface area contributed by atoms with Crippen LogP contribution in [0.25, 0.3) is 0 Å². The molecule has 0 unspecified atom stereocenters. The second-order valence-electron chi connectivity index (χ2n) is 8.32. The maximum atomic E-state index is 12.9. The lowest BCUT2D eigenvalue weighted by molar-refractivity contribution is -0.130. The van der Waals surface area contributed by atoms with Gasteiger partial charge in [-0.1, -0.05) is 44.2 Å². The van der Waals surface area contributed by atoms with E-state index in [4.69, 9.17) is 4.74 Å². The summed E-state index contributed by atoms with van der Waals surface area (Å²) in [7, 11) is -2.07. The van der Waals surface area contributed by atoms with Gasteiger partial charge in [0.25, 0.3) is 0 Å². The maximum Gasteiger partial charge on any atom is 0.243 e. The van der Waals surface area contributed by atoms with Crippen LogP contribution in [0.3, 0.4) is 0 Å². The van der Waals surface area contributed by atoms with Crippen LogP contribution in [-0.2, 0) is 21.2 Å². The average molecular weight is 474 g/mol. The SMILES string of the molecule is CCN(CC)S(=O)(=O)c1ccc(OC)c(NCC(=O)N2CCC(Cc3ccccc3)CC2)c1. The molecule has 0 aliphatic carbocycles. The average Bonchev–Trinajstić information content (AvgIpc) is 2.84. The van der Waals surface area contributed by atoms with Gasteiger partial charge in [0.1, 0.15) is 5.75 Å². The number of sulfonamides is 1. The van der Waals surface area contributed by atoms with Gasteiger partial charge in [-0.3, -0.25) is 4.79 Å². The highest BCUT2D eigenvalue weighted by atomic mass is 32.2. The van der Waals surface area contributed by atoms with E-state index in [0.717, 1.165) is 32.4 Å². The predicted molar refractivity (Wildman–Crippen MR) is 131 cm³/mol. The van der Waals surface area contributed by atoms with Crippen molar-refractivity contribution >= 4 is 21.6 Å². The fourth-order valence-electron chi connectivity index (χ4n) is 4.31. The highest BCUT2D eigenvalue weighted by Crippen LogP contribution is 2.29. The van der Waals surface area contributed by atoms with Crippen molar-refractivity contribution in [1.82, 2.24) is 9.21 Å². The number of carbonyl (C=O) groups excluding carboxylic acids is 1. The zero-order chi connectivity index (χ0) is 23.8. The summed E-state index contributed by atoms with van der Waals surface area (Å²) in [6.07, 6.45) is 3.02. The lowest BCUT2D eigenvalue weighted by Gasteiger charge is -2.32. The number of hydrogen-bond acceptors (Lipinski definition) is 5. The summed E-state index contributed by atoms with van der Waals surface area (Å²) in [5.41, 5.74) is 1.84. The number of methoxy groups -OCH3 is 1. The molecule has 2 aromatic rings. The van der Waals surface area contributed by atoms with Gasteiger partial charge in [-0.15, -0.1) is 0 Å². The van der Waals surface area contributed by atoms with Gasteiger partial charge in [0.15, 0.2) is 0 Å². The van der Waals surface area contributed by atoms with Crippen LogP contribution in [0.2, 0.25) is 0 Å². The molecule has 1 aliphatic heterocycles. The number of nitrogens with zero attached hydrogens (tertiary/aromatic N) is 2. The number of piperidine rings is 1. The van der Waals surface area contributed by atoms with Crippen molar-refractivity contribution in [2.45, 2.75) is 38.0 Å². The molecule has 1 amide bonds. The van der Waals surface area contributed by atoms with E-state index in [9.17, 15) is 13.2 Å². The number of rotatable bonds is 10. The fourth-order valence-corrected chi connectivity index (χ4v) is 5.80. The van der Waals surface area contributed by atoms with Crippen LogP contribution >= 0.6 is 0 Å². The number of anilines is 1. The Morgan fingerprint density at radius 1 is 1.09 bits per heavy atom. The largest absolute Gasteiger partial charge is 0.495 e. The van der Waals surface area contributed by atoms with Crippen molar-refractivity contribution in [3.8, 4) is 5.75 Å². The zero-order valence-electron chi connectivity index (χ0n) is 19.8. The van der Waals surface area contributed by atoms with E-state index in [2.05, 4.69) is 29.6 Å². The van der Waals surface area contributed by atoms with Crippen molar-refractivity contribution in [3.63, 3.8) is 0 Å². The minimum absolute atomic E-state index is 0.00668. The molecule has 3 rings (SSSR count). The van der Waals surface area contributed by atoms with Crippen LogP contribution in [0.15, 0.2) is 53.4 Å². The maximum absolute atomic E-state index is 12.9. The van der Waals surface area contributed by atoms with Crippen molar-refractivity contribution in [3.05, 3.63) is 54.1 Å². The number of hydrogen-bond donors (Lipinski definition) is 1. The summed E-state index contributed by atoms with van der Waals surface area (Å²) in [6.45, 7) is 5.99. The van der Waals surface area contributed by atoms with Crippen LogP contribution in [-0.4, -0.2) is 63.4 Å². The quantitative estimate of drug-likeness (QED) is 0.570. The van der Waals surface area contributed by atoms with E-state index in [0.29, 0.717) is 30.4 Å². The van der Waals surface area contributed by atoms with Crippen LogP contribution in [0, 0.1) is 5.92 Å². The molecule has 0 radical (unpaired) electrons. The molecular weight excluding hydrogens is 438 g/mol. The first-order valence-electron chi connectivity index (χ1n) is 11.6. The lowest BCUT2D eigenvalue weighted by atomic mass is 9.90. The van der Waals surface area contributed by atoms with E-state index in [1.165, 1.54) is 23.0 Å². The Labute approximate surface area is 197 Å². The topological polar surface area (TPSA) is 79.0 Å². The Morgan fingerprint density at radius 3 is 2.36 bits per heavy atom. The molecule has 0 bridgehead atoms. The van der Waals surface area contributed by atoms with E-state index in [1.54, 1.807) is 12.1 Å². The number of nitrogens with one attached hydrogen (secondary N) is 1. The van der Waals surface area contributed by atoms with Crippen LogP contribution in [0.1, 0.15) is 32.3 Å². The van der Waals surface area contributed by atoms with Gasteiger partial charge in [-0.25, -0.2) is 8.42 Å². The van der Waals surface area contributed by atoms with Gasteiger partial charge >= 0.3 is 0 Å². The Bertz CT molecular complexity index is 1020. The number of carbonyl (C=O) groups is 1. The summed E-state index contributed by atoms with van der Waals surface area (Å²) >= 11 is 0. The molecule has 180 valence electrons. The molecule has 2 aromatic carbocycles. The van der Waals surface area contributed by atoms with Crippen molar-refractivity contribution in [2.24, 2.45) is 5.92 Å². The number of benzene rings is 2. The van der Waals surface area contributed by atoms with E-state index in [1.807, 2.05) is 24.8 Å². The highest BCUT2D eigenvalue weighted by Gasteiger charge is 2.25. The van der Waals surface area contributed by atoms with Crippen molar-refractivity contribution < 1.29 is 17.9 Å². The molecular formula is C25H35N3O4S. The summed E-state index contributed by atoms with van der Waals surface area (Å²) in [6, 6.07) is 15.2. The standard InChI is InChI=1S/C25H35N3O4S/c1-4-28(5-2)33(30,31)22-11-12-24(32-3)23(18-22)26-19-25(29)27-15-13-21(14-16-27)17-20-9-7-6-8-10-20/h6-12,18,21,26H,4-5,13-17,19H2,1-3H3. The highest BCUT2D eigenvalue weighted by molar-refractivity contribution is 7.89. The molecule has 0 atom stereocenters. The second-order valence-corrected chi connectivity index (χ2v) is 10.3. The van der Waals surface area contributed by atoms with Gasteiger partial charge < -0.3 is 15.0 Å². The van der Waals surface area contributed by atoms with Gasteiger partial charge in [0.2, 0.25) is 15.9 Å². The predicted octanol–water partition coefficient (Wildman–Crippen LogP) is 3.62. The summed E-state index contributed by atoms with van der Waals surface area (Å²) in [4.78, 5) is 14.9. The van der Waals surface area contributed by atoms with E-state index >= 15 is 0 Å². The molecule has 1 heterocycles. The lowest BCUT2D eigenvalue weighted by Crippen LogP contribution is -2.41. The minimum Gasteiger partial charge on any atom is -0.495 e. The molecule has 1 saturated heterocycles. The summed E-state index contributed by atoms with van der Waals surface area (Å²) < 4.78 is 32.5. The number of likely N-dealkylation sites (tertiary alicyclic amines) is 1. The molecule has 0 aromatic heterocycles. The van der Waals surface area contributed by atoms with Crippen LogP contribution in [0.5, 0.6) is 5.75 Å². The third kappa shape index (κ3) is 6.26. The first-order chi connectivity index (χ1) is 15.9. The van der Waals surface area contributed by atoms with Crippen molar-refractivity contribution in [2.75, 3.05) is 45.2 Å². The monoisotopic (exact) mass is 473 g/mol. The smallest absolute Gasteiger partial charge is 0.243 e. The van der Waals surface area contributed by atoms with Crippen LogP contribution < -0.4 is 10.1 Å². The van der Waals surface area contributed by atoms with E-state index < -0.39 is 10.0 Å². The first-order valence-corrected chi connectivity index (χ1v) is 13.1. The van der Waals surface area contributed by atoms with E-state index in [-0.39, 0.29) is 17.3 Å². The van der Waals surface area contributed by atoms with Gasteiger partial charge in [-0.05, 0) is 48.9 Å². The van der Waals surface area contributed by atoms with Crippen molar-refractivity contribution in [1.29, 1.82) is 0 Å². The summed E-state index contributed by atoms with van der Waals surface area (Å²) in [5, 5.41) is 3.10. The number of amides is 1. The normalized spacial score (nSPS) is 15.0. The minimum atomic E-state index is -3.60. The third-order valence-electron chi connectivity index (χ3n) is 6.28. The molecule has 33 heavy (non-hydrogen) atoms. The zero-order valence-corrected chi connectivity index (χ0v) is 20.6. The Hall–Kier alpha value is -2.58. The Kier molecular flexibility index (Phi) is 8.74. The number of ether oxygens (including phenoxy) is 1. The molecule has 7 nitrogen and oxygen atoms in total. The van der Waals surface area contributed by atoms with Crippen LogP contribution in [0.4, 0.5) is 5.69 Å². The first kappa shape index (κ1) is 25.1. The third-order valence-corrected chi connectivity index (χ3v) is 8.32. The molecule has 8 heteroatoms. The van der Waals surface area contributed by atoms with Gasteiger partial charge in [-0.2, -0.15) is 4.31 Å². The fraction of sp³-hybridized carbons (Fsp3) is 0.480. The molecule has 0 saturated carbocycles. The molecule has 0 spiro atoms. The van der Waals surface area contributed by atoms with Gasteiger partial charge in [0.05, 0.1) is 24.2 Å². The summed E-state index contributed by atoms with van der Waals surface area (Å²) in [5.74, 6) is 1.10. The Morgan fingerprint density at radius 2 is 1.76 bits per heavy atom. The molecule has 1 N–H and O–H groups in total. The second kappa shape index (κ2) is 11.5. The molecule has 1 aliphatic rings.